The molecule has 5 rings (SSSR count). The number of carbonyl (C=O) groups is 1. The van der Waals surface area contributed by atoms with Crippen molar-refractivity contribution in [3.63, 3.8) is 0 Å². The molecule has 39 heavy (non-hydrogen) atoms. The number of aryl methyl sites for hydroxylation is 1. The topological polar surface area (TPSA) is 53.4 Å². The average Bonchev–Trinajstić information content (AvgIpc) is 3.54. The van der Waals surface area contributed by atoms with Crippen LogP contribution in [0.15, 0.2) is 36.8 Å². The van der Waals surface area contributed by atoms with Crippen molar-refractivity contribution in [2.45, 2.75) is 71.9 Å². The van der Waals surface area contributed by atoms with E-state index in [9.17, 15) is 9.18 Å². The Morgan fingerprint density at radius 2 is 1.97 bits per heavy atom. The van der Waals surface area contributed by atoms with Crippen molar-refractivity contribution in [2.75, 3.05) is 33.2 Å². The highest BCUT2D eigenvalue weighted by atomic mass is 19.1. The lowest BCUT2D eigenvalue weighted by Gasteiger charge is -2.36. The molecule has 0 bridgehead atoms. The molecule has 0 aliphatic carbocycles. The Balaban J connectivity index is 1.46. The van der Waals surface area contributed by atoms with Gasteiger partial charge in [0.25, 0.3) is 5.91 Å². The van der Waals surface area contributed by atoms with Gasteiger partial charge in [0.1, 0.15) is 5.82 Å². The zero-order valence-electron chi connectivity index (χ0n) is 24.2. The van der Waals surface area contributed by atoms with Crippen LogP contribution in [-0.2, 0) is 6.42 Å². The average molecular weight is 534 g/mol. The maximum Gasteiger partial charge on any atom is 0.256 e. The summed E-state index contributed by atoms with van der Waals surface area (Å²) in [5, 5.41) is 4.72. The molecule has 4 heterocycles. The van der Waals surface area contributed by atoms with Crippen LogP contribution < -0.4 is 5.32 Å². The third kappa shape index (κ3) is 5.62. The highest BCUT2D eigenvalue weighted by Crippen LogP contribution is 2.34. The van der Waals surface area contributed by atoms with Crippen LogP contribution in [-0.4, -0.2) is 70.6 Å². The van der Waals surface area contributed by atoms with Crippen molar-refractivity contribution in [3.8, 4) is 5.69 Å². The van der Waals surface area contributed by atoms with Crippen LogP contribution in [0.4, 0.5) is 4.39 Å². The maximum absolute atomic E-state index is 14.4. The lowest BCUT2D eigenvalue weighted by molar-refractivity contribution is 0.0754. The molecule has 1 aromatic carbocycles. The van der Waals surface area contributed by atoms with Crippen molar-refractivity contribution in [3.05, 3.63) is 59.3 Å². The Bertz CT molecular complexity index is 1310. The van der Waals surface area contributed by atoms with Crippen molar-refractivity contribution in [2.24, 2.45) is 11.8 Å². The summed E-state index contributed by atoms with van der Waals surface area (Å²) < 4.78 is 16.5. The molecule has 0 spiro atoms. The van der Waals surface area contributed by atoms with Crippen molar-refractivity contribution >= 4 is 16.8 Å². The van der Waals surface area contributed by atoms with E-state index in [0.29, 0.717) is 23.2 Å². The van der Waals surface area contributed by atoms with Crippen LogP contribution in [0.1, 0.15) is 67.9 Å². The van der Waals surface area contributed by atoms with Gasteiger partial charge >= 0.3 is 0 Å². The number of hydrogen-bond acceptors (Lipinski definition) is 4. The molecule has 2 fully saturated rings. The first-order valence-electron chi connectivity index (χ1n) is 14.7. The van der Waals surface area contributed by atoms with Gasteiger partial charge in [0.2, 0.25) is 0 Å². The molecule has 2 aliphatic heterocycles. The molecule has 210 valence electrons. The van der Waals surface area contributed by atoms with E-state index in [2.05, 4.69) is 39.8 Å². The molecule has 2 aliphatic rings. The van der Waals surface area contributed by atoms with Gasteiger partial charge in [-0.2, -0.15) is 0 Å². The van der Waals surface area contributed by atoms with E-state index >= 15 is 0 Å². The molecule has 3 aromatic rings. The Hall–Kier alpha value is -2.77. The summed E-state index contributed by atoms with van der Waals surface area (Å²) in [6.07, 6.45) is 11.9. The molecule has 2 saturated heterocycles. The van der Waals surface area contributed by atoms with E-state index in [1.807, 2.05) is 26.2 Å². The van der Waals surface area contributed by atoms with Crippen LogP contribution >= 0.6 is 0 Å². The van der Waals surface area contributed by atoms with E-state index < -0.39 is 5.82 Å². The number of halogens is 1. The maximum atomic E-state index is 14.4. The number of pyridine rings is 1. The number of nitrogens with one attached hydrogen (secondary N) is 1. The molecule has 1 N–H and O–H groups in total. The lowest BCUT2D eigenvalue weighted by Crippen LogP contribution is -2.43. The van der Waals surface area contributed by atoms with Gasteiger partial charge in [-0.15, -0.1) is 0 Å². The minimum absolute atomic E-state index is 0.0108. The van der Waals surface area contributed by atoms with Gasteiger partial charge in [0, 0.05) is 43.5 Å². The fraction of sp³-hybridized carbons (Fsp3) is 0.562. The molecule has 0 saturated carbocycles. The number of aromatic nitrogens is 2. The second-order valence-corrected chi connectivity index (χ2v) is 12.0. The van der Waals surface area contributed by atoms with Gasteiger partial charge in [0.15, 0.2) is 0 Å². The third-order valence-electron chi connectivity index (χ3n) is 9.17. The number of likely N-dealkylation sites (tertiary alicyclic amines) is 1. The van der Waals surface area contributed by atoms with Crippen LogP contribution in [0, 0.1) is 24.6 Å². The standard InChI is InChI=1S/C32H44FN5O/c1-6-28(24-9-12-34-13-10-24)37-14-11-23(19-37)15-25-20-38(30-18-35-17-22(4)31(25)30)29-8-7-26(33)16-27(29)32(39)36(5)21(2)3/h7-8,16-18,20-21,23-24,28,34H,6,9-15,19H2,1-5H3/t23-,28+/m0/s1. The zero-order valence-corrected chi connectivity index (χ0v) is 24.2. The van der Waals surface area contributed by atoms with Crippen molar-refractivity contribution in [1.82, 2.24) is 24.7 Å². The zero-order chi connectivity index (χ0) is 27.7. The summed E-state index contributed by atoms with van der Waals surface area (Å²) in [6, 6.07) is 5.22. The van der Waals surface area contributed by atoms with Gasteiger partial charge in [-0.3, -0.25) is 14.7 Å². The van der Waals surface area contributed by atoms with Crippen molar-refractivity contribution in [1.29, 1.82) is 0 Å². The second-order valence-electron chi connectivity index (χ2n) is 12.0. The highest BCUT2D eigenvalue weighted by molar-refractivity contribution is 5.99. The minimum atomic E-state index is -0.407. The van der Waals surface area contributed by atoms with E-state index in [0.717, 1.165) is 43.1 Å². The monoisotopic (exact) mass is 533 g/mol. The fourth-order valence-electron chi connectivity index (χ4n) is 6.87. The second kappa shape index (κ2) is 11.8. The minimum Gasteiger partial charge on any atom is -0.339 e. The molecular weight excluding hydrogens is 489 g/mol. The SMILES string of the molecule is CC[C@H](C1CCNCC1)N1CC[C@@H](Cc2cn(-c3ccc(F)cc3C(=O)N(C)C(C)C)c3cncc(C)c23)C1. The van der Waals surface area contributed by atoms with Crippen LogP contribution in [0.3, 0.4) is 0 Å². The predicted octanol–water partition coefficient (Wildman–Crippen LogP) is 5.60. The van der Waals surface area contributed by atoms with Gasteiger partial charge in [-0.05, 0) is 114 Å². The Morgan fingerprint density at radius 3 is 2.69 bits per heavy atom. The first-order valence-corrected chi connectivity index (χ1v) is 14.7. The molecule has 2 aromatic heterocycles. The number of hydrogen-bond donors (Lipinski definition) is 1. The van der Waals surface area contributed by atoms with Crippen molar-refractivity contribution < 1.29 is 9.18 Å². The number of amides is 1. The lowest BCUT2D eigenvalue weighted by atomic mass is 9.87. The van der Waals surface area contributed by atoms with Crippen LogP contribution in [0.5, 0.6) is 0 Å². The first-order chi connectivity index (χ1) is 18.8. The Labute approximate surface area is 232 Å². The number of nitrogens with zero attached hydrogens (tertiary/aromatic N) is 4. The number of piperidine rings is 1. The Morgan fingerprint density at radius 1 is 1.21 bits per heavy atom. The molecule has 6 nitrogen and oxygen atoms in total. The molecule has 1 amide bonds. The predicted molar refractivity (Wildman–Crippen MR) is 156 cm³/mol. The summed E-state index contributed by atoms with van der Waals surface area (Å²) in [5.74, 6) is 0.798. The first kappa shape index (κ1) is 27.8. The number of rotatable bonds is 8. The quantitative estimate of drug-likeness (QED) is 0.410. The van der Waals surface area contributed by atoms with Gasteiger partial charge in [-0.25, -0.2) is 4.39 Å². The van der Waals surface area contributed by atoms with E-state index in [1.54, 1.807) is 18.0 Å². The summed E-state index contributed by atoms with van der Waals surface area (Å²) in [5.41, 5.74) is 4.45. The number of carbonyl (C=O) groups excluding carboxylic acids is 1. The van der Waals surface area contributed by atoms with Gasteiger partial charge in [0.05, 0.1) is 23.0 Å². The normalized spacial score (nSPS) is 19.7. The van der Waals surface area contributed by atoms with E-state index in [-0.39, 0.29) is 11.9 Å². The fourth-order valence-corrected chi connectivity index (χ4v) is 6.87. The number of benzene rings is 1. The van der Waals surface area contributed by atoms with Crippen LogP contribution in [0.2, 0.25) is 0 Å². The number of fused-ring (bicyclic) bond motifs is 1. The van der Waals surface area contributed by atoms with Gasteiger partial charge in [-0.1, -0.05) is 6.92 Å². The summed E-state index contributed by atoms with van der Waals surface area (Å²) >= 11 is 0. The molecular formula is C32H44FN5O. The largest absolute Gasteiger partial charge is 0.339 e. The molecule has 0 unspecified atom stereocenters. The van der Waals surface area contributed by atoms with Crippen LogP contribution in [0.25, 0.3) is 16.6 Å². The Kier molecular flexibility index (Phi) is 8.38. The molecule has 7 heteroatoms. The van der Waals surface area contributed by atoms with E-state index in [4.69, 9.17) is 0 Å². The van der Waals surface area contributed by atoms with E-state index in [1.165, 1.54) is 55.3 Å². The van der Waals surface area contributed by atoms with Gasteiger partial charge < -0.3 is 14.8 Å². The summed E-state index contributed by atoms with van der Waals surface area (Å²) in [6.45, 7) is 13.0. The molecule has 0 radical (unpaired) electrons. The third-order valence-corrected chi connectivity index (χ3v) is 9.17. The summed E-state index contributed by atoms with van der Waals surface area (Å²) in [7, 11) is 1.77. The molecule has 2 atom stereocenters. The smallest absolute Gasteiger partial charge is 0.256 e. The highest BCUT2D eigenvalue weighted by Gasteiger charge is 2.33. The summed E-state index contributed by atoms with van der Waals surface area (Å²) in [4.78, 5) is 22.3.